The number of nitrogens with zero attached hydrogens (tertiary/aromatic N) is 1. The molecule has 0 N–H and O–H groups in total. The Morgan fingerprint density at radius 2 is 0.932 bits per heavy atom. The summed E-state index contributed by atoms with van der Waals surface area (Å²) < 4.78 is 21.9. The molecule has 0 amide bonds. The topological polar surface area (TPSA) is 131 Å². The van der Waals surface area contributed by atoms with E-state index < -0.39 is 34.8 Å². The molecule has 0 saturated heterocycles. The van der Waals surface area contributed by atoms with E-state index in [1.807, 2.05) is 91.0 Å². The van der Waals surface area contributed by atoms with Crippen LogP contribution < -0.4 is 0 Å². The largest absolute Gasteiger partial charge is 0.462 e. The zero-order valence-electron chi connectivity index (χ0n) is 24.0. The third kappa shape index (κ3) is 13.1. The van der Waals surface area contributed by atoms with Crippen LogP contribution in [0.5, 0.6) is 0 Å². The summed E-state index contributed by atoms with van der Waals surface area (Å²) in [6.45, 7) is -2.16. The van der Waals surface area contributed by atoms with E-state index in [1.54, 1.807) is 18.2 Å². The van der Waals surface area contributed by atoms with Crippen molar-refractivity contribution in [3.8, 4) is 0 Å². The van der Waals surface area contributed by atoms with Gasteiger partial charge >= 0.3 is 17.9 Å². The quantitative estimate of drug-likeness (QED) is 0.0523. The lowest BCUT2D eigenvalue weighted by Gasteiger charge is -2.31. The van der Waals surface area contributed by atoms with Gasteiger partial charge in [0.2, 0.25) is 6.54 Å². The van der Waals surface area contributed by atoms with E-state index in [0.29, 0.717) is 0 Å². The number of nitro groups is 1. The minimum absolute atomic E-state index is 0.264. The van der Waals surface area contributed by atoms with Gasteiger partial charge in [0.1, 0.15) is 26.4 Å². The summed E-state index contributed by atoms with van der Waals surface area (Å²) in [5, 5.41) is 10.8. The zero-order chi connectivity index (χ0) is 31.5. The zero-order valence-corrected chi connectivity index (χ0v) is 24.0. The van der Waals surface area contributed by atoms with Crippen LogP contribution in [0.15, 0.2) is 109 Å². The first-order chi connectivity index (χ1) is 21.3. The highest BCUT2D eigenvalue weighted by atomic mass is 16.6. The van der Waals surface area contributed by atoms with Crippen LogP contribution in [-0.2, 0) is 33.3 Å². The molecule has 3 aromatic rings. The number of hydrogen-bond acceptors (Lipinski definition) is 9. The summed E-state index contributed by atoms with van der Waals surface area (Å²) in [6, 6.07) is 27.3. The molecular weight excluding hydrogens is 566 g/mol. The molecule has 0 aromatic heterocycles. The second kappa shape index (κ2) is 18.2. The molecular formula is C34H33NO9. The Bertz CT molecular complexity index is 1280. The van der Waals surface area contributed by atoms with Crippen molar-refractivity contribution in [1.29, 1.82) is 0 Å². The molecule has 0 heterocycles. The van der Waals surface area contributed by atoms with Gasteiger partial charge in [-0.2, -0.15) is 0 Å². The summed E-state index contributed by atoms with van der Waals surface area (Å²) in [7, 11) is 0. The number of hydrogen-bond donors (Lipinski definition) is 0. The van der Waals surface area contributed by atoms with Crippen LogP contribution in [0.25, 0.3) is 18.2 Å². The minimum Gasteiger partial charge on any atom is -0.462 e. The summed E-state index contributed by atoms with van der Waals surface area (Å²) >= 11 is 0. The summed E-state index contributed by atoms with van der Waals surface area (Å²) in [6.07, 6.45) is 8.41. The van der Waals surface area contributed by atoms with Crippen LogP contribution in [-0.4, -0.2) is 62.4 Å². The molecule has 3 rings (SSSR count). The van der Waals surface area contributed by atoms with Crippen LogP contribution in [0.1, 0.15) is 16.7 Å². The van der Waals surface area contributed by atoms with E-state index in [1.165, 1.54) is 18.2 Å². The van der Waals surface area contributed by atoms with Gasteiger partial charge in [0.15, 0.2) is 0 Å². The lowest BCUT2D eigenvalue weighted by Crippen LogP contribution is -2.43. The molecule has 3 aromatic carbocycles. The smallest absolute Gasteiger partial charge is 0.330 e. The highest BCUT2D eigenvalue weighted by Gasteiger charge is 2.36. The number of benzene rings is 3. The van der Waals surface area contributed by atoms with Crippen molar-refractivity contribution in [3.05, 3.63) is 136 Å². The molecule has 0 bridgehead atoms. The Labute approximate surface area is 255 Å². The Morgan fingerprint density at radius 1 is 0.591 bits per heavy atom. The first-order valence-corrected chi connectivity index (χ1v) is 13.7. The van der Waals surface area contributed by atoms with Crippen molar-refractivity contribution in [2.45, 2.75) is 0 Å². The van der Waals surface area contributed by atoms with Gasteiger partial charge in [0, 0.05) is 23.2 Å². The van der Waals surface area contributed by atoms with Crippen molar-refractivity contribution < 1.29 is 38.3 Å². The molecule has 10 heteroatoms. The van der Waals surface area contributed by atoms with Gasteiger partial charge in [-0.1, -0.05) is 91.0 Å². The fourth-order valence-electron chi connectivity index (χ4n) is 3.68. The number of carbonyl (C=O) groups excluding carboxylic acids is 3. The number of esters is 3. The van der Waals surface area contributed by atoms with Crippen molar-refractivity contribution in [2.24, 2.45) is 5.41 Å². The van der Waals surface area contributed by atoms with Gasteiger partial charge in [0.25, 0.3) is 0 Å². The standard InChI is InChI=1S/C34H33NO9/c36-31(19-16-28-10-4-1-5-11-28)42-25-34(24-41-23-22-35(39)40,26-43-32(37)20-17-29-12-6-2-7-13-29)27-44-33(38)21-18-30-14-8-3-9-15-30/h1-21H,22-27H2/b19-16+,20-17+,21-18+. The molecule has 0 atom stereocenters. The Hall–Kier alpha value is -5.35. The van der Waals surface area contributed by atoms with Gasteiger partial charge in [-0.25, -0.2) is 14.4 Å². The maximum absolute atomic E-state index is 12.6. The molecule has 10 nitrogen and oxygen atoms in total. The number of ether oxygens (including phenoxy) is 4. The van der Waals surface area contributed by atoms with Crippen molar-refractivity contribution in [3.63, 3.8) is 0 Å². The maximum atomic E-state index is 12.6. The van der Waals surface area contributed by atoms with E-state index in [2.05, 4.69) is 0 Å². The second-order valence-corrected chi connectivity index (χ2v) is 9.66. The Kier molecular flexibility index (Phi) is 13.7. The van der Waals surface area contributed by atoms with E-state index in [-0.39, 0.29) is 33.0 Å². The Morgan fingerprint density at radius 3 is 1.25 bits per heavy atom. The highest BCUT2D eigenvalue weighted by Crippen LogP contribution is 2.22. The predicted octanol–water partition coefficient (Wildman–Crippen LogP) is 5.04. The van der Waals surface area contributed by atoms with Crippen molar-refractivity contribution in [2.75, 3.05) is 39.6 Å². The van der Waals surface area contributed by atoms with Gasteiger partial charge in [-0.3, -0.25) is 10.1 Å². The van der Waals surface area contributed by atoms with E-state index in [9.17, 15) is 24.5 Å². The van der Waals surface area contributed by atoms with Gasteiger partial charge in [-0.05, 0) is 34.9 Å². The van der Waals surface area contributed by atoms with Crippen LogP contribution in [0.4, 0.5) is 0 Å². The molecule has 0 saturated carbocycles. The average molecular weight is 600 g/mol. The van der Waals surface area contributed by atoms with Gasteiger partial charge in [-0.15, -0.1) is 0 Å². The van der Waals surface area contributed by atoms with Crippen LogP contribution in [0.2, 0.25) is 0 Å². The monoisotopic (exact) mass is 599 g/mol. The lowest BCUT2D eigenvalue weighted by atomic mass is 9.92. The van der Waals surface area contributed by atoms with Crippen molar-refractivity contribution >= 4 is 36.1 Å². The fraction of sp³-hybridized carbons (Fsp3) is 0.206. The first-order valence-electron chi connectivity index (χ1n) is 13.7. The van der Waals surface area contributed by atoms with E-state index in [4.69, 9.17) is 18.9 Å². The van der Waals surface area contributed by atoms with Crippen molar-refractivity contribution in [1.82, 2.24) is 0 Å². The normalized spacial score (nSPS) is 11.5. The SMILES string of the molecule is O=C(/C=C/c1ccccc1)OCC(COCC[N+](=O)[O-])(COC(=O)/C=C/c1ccccc1)COC(=O)/C=C/c1ccccc1. The molecule has 0 fully saturated rings. The summed E-state index contributed by atoms with van der Waals surface area (Å²) in [5.41, 5.74) is 0.950. The fourth-order valence-corrected chi connectivity index (χ4v) is 3.68. The second-order valence-electron chi connectivity index (χ2n) is 9.66. The molecule has 0 aliphatic rings. The molecule has 0 spiro atoms. The molecule has 0 radical (unpaired) electrons. The third-order valence-corrected chi connectivity index (χ3v) is 6.02. The highest BCUT2D eigenvalue weighted by molar-refractivity contribution is 5.88. The number of carbonyl (C=O) groups is 3. The van der Waals surface area contributed by atoms with Gasteiger partial charge < -0.3 is 18.9 Å². The van der Waals surface area contributed by atoms with Crippen LogP contribution in [0.3, 0.4) is 0 Å². The average Bonchev–Trinajstić information content (AvgIpc) is 3.05. The molecule has 44 heavy (non-hydrogen) atoms. The van der Waals surface area contributed by atoms with Crippen LogP contribution >= 0.6 is 0 Å². The molecule has 0 aliphatic heterocycles. The minimum atomic E-state index is -1.38. The molecule has 0 aliphatic carbocycles. The summed E-state index contributed by atoms with van der Waals surface area (Å²) in [5.74, 6) is -2.10. The van der Waals surface area contributed by atoms with E-state index in [0.717, 1.165) is 16.7 Å². The van der Waals surface area contributed by atoms with Crippen LogP contribution in [0, 0.1) is 15.5 Å². The van der Waals surface area contributed by atoms with E-state index >= 15 is 0 Å². The summed E-state index contributed by atoms with van der Waals surface area (Å²) in [4.78, 5) is 48.1. The molecule has 228 valence electrons. The first kappa shape index (κ1) is 33.2. The Balaban J connectivity index is 1.75. The predicted molar refractivity (Wildman–Crippen MR) is 164 cm³/mol. The maximum Gasteiger partial charge on any atom is 0.330 e. The number of rotatable bonds is 17. The molecule has 0 unspecified atom stereocenters. The third-order valence-electron chi connectivity index (χ3n) is 6.02. The van der Waals surface area contributed by atoms with Gasteiger partial charge in [0.05, 0.1) is 12.0 Å². The lowest BCUT2D eigenvalue weighted by molar-refractivity contribution is -0.483.